The second-order valence-corrected chi connectivity index (χ2v) is 7.39. The van der Waals surface area contributed by atoms with E-state index in [0.717, 1.165) is 10.6 Å². The number of halogens is 2. The van der Waals surface area contributed by atoms with Gasteiger partial charge in [0, 0.05) is 28.0 Å². The maximum atomic E-state index is 12.2. The lowest BCUT2D eigenvalue weighted by molar-refractivity contribution is -0.148. The van der Waals surface area contributed by atoms with Gasteiger partial charge in [-0.25, -0.2) is 4.79 Å². The van der Waals surface area contributed by atoms with Crippen LogP contribution in [0.3, 0.4) is 0 Å². The van der Waals surface area contributed by atoms with Crippen LogP contribution in [-0.2, 0) is 9.59 Å². The van der Waals surface area contributed by atoms with E-state index < -0.39 is 12.0 Å². The van der Waals surface area contributed by atoms with Crippen molar-refractivity contribution in [2.45, 2.75) is 10.9 Å². The fourth-order valence-electron chi connectivity index (χ4n) is 1.92. The van der Waals surface area contributed by atoms with Gasteiger partial charge in [0.05, 0.1) is 10.8 Å². The van der Waals surface area contributed by atoms with Gasteiger partial charge in [-0.1, -0.05) is 23.2 Å². The van der Waals surface area contributed by atoms with E-state index in [1.165, 1.54) is 16.7 Å². The summed E-state index contributed by atoms with van der Waals surface area (Å²) in [6.45, 7) is 0.463. The van der Waals surface area contributed by atoms with Crippen molar-refractivity contribution in [3.8, 4) is 0 Å². The van der Waals surface area contributed by atoms with Crippen molar-refractivity contribution in [2.75, 3.05) is 23.8 Å². The van der Waals surface area contributed by atoms with Gasteiger partial charge in [-0.2, -0.15) is 11.8 Å². The van der Waals surface area contributed by atoms with E-state index in [4.69, 9.17) is 23.2 Å². The van der Waals surface area contributed by atoms with Crippen molar-refractivity contribution in [3.05, 3.63) is 28.2 Å². The predicted molar refractivity (Wildman–Crippen MR) is 87.6 cm³/mol. The summed E-state index contributed by atoms with van der Waals surface area (Å²) in [5.41, 5.74) is 0. The van der Waals surface area contributed by atoms with Gasteiger partial charge in [-0.3, -0.25) is 4.79 Å². The third kappa shape index (κ3) is 4.45. The Bertz CT molecular complexity index is 556. The third-order valence-corrected chi connectivity index (χ3v) is 5.72. The van der Waals surface area contributed by atoms with Gasteiger partial charge in [0.2, 0.25) is 5.91 Å². The van der Waals surface area contributed by atoms with Crippen LogP contribution in [0, 0.1) is 0 Å². The highest BCUT2D eigenvalue weighted by Gasteiger charge is 2.32. The Balaban J connectivity index is 2.00. The largest absolute Gasteiger partial charge is 0.480 e. The zero-order chi connectivity index (χ0) is 15.4. The minimum absolute atomic E-state index is 0.147. The normalized spacial score (nSPS) is 18.6. The molecule has 1 heterocycles. The number of hydrogen-bond acceptors (Lipinski definition) is 4. The maximum absolute atomic E-state index is 12.2. The van der Waals surface area contributed by atoms with E-state index in [2.05, 4.69) is 0 Å². The Hall–Kier alpha value is -0.560. The molecule has 1 amide bonds. The second kappa shape index (κ2) is 7.63. The van der Waals surface area contributed by atoms with Crippen LogP contribution in [0.1, 0.15) is 0 Å². The first-order valence-corrected chi connectivity index (χ1v) is 9.06. The second-order valence-electron chi connectivity index (χ2n) is 4.38. The topological polar surface area (TPSA) is 57.6 Å². The third-order valence-electron chi connectivity index (χ3n) is 2.98. The molecular weight excluding hydrogens is 353 g/mol. The highest BCUT2D eigenvalue weighted by molar-refractivity contribution is 8.00. The molecule has 0 bridgehead atoms. The average Bonchev–Trinajstić information content (AvgIpc) is 2.47. The van der Waals surface area contributed by atoms with Gasteiger partial charge in [0.15, 0.2) is 0 Å². The molecule has 21 heavy (non-hydrogen) atoms. The number of carbonyl (C=O) groups is 2. The van der Waals surface area contributed by atoms with Crippen LogP contribution in [0.2, 0.25) is 10.0 Å². The Morgan fingerprint density at radius 1 is 1.43 bits per heavy atom. The fourth-order valence-corrected chi connectivity index (χ4v) is 4.33. The lowest BCUT2D eigenvalue weighted by Crippen LogP contribution is -2.50. The van der Waals surface area contributed by atoms with Crippen molar-refractivity contribution in [3.63, 3.8) is 0 Å². The summed E-state index contributed by atoms with van der Waals surface area (Å²) in [4.78, 5) is 25.6. The lowest BCUT2D eigenvalue weighted by Gasteiger charge is -2.32. The first-order chi connectivity index (χ1) is 9.99. The molecule has 0 spiro atoms. The van der Waals surface area contributed by atoms with Gasteiger partial charge in [0.1, 0.15) is 6.04 Å². The summed E-state index contributed by atoms with van der Waals surface area (Å²) in [6.07, 6.45) is 0. The molecule has 1 aromatic carbocycles. The molecule has 0 saturated carbocycles. The standard InChI is InChI=1S/C13H13Cl2NO3S2/c14-8-1-2-9(15)11(5-8)21-7-12(17)16-3-4-20-6-10(16)13(18)19/h1-2,5,10H,3-4,6-7H2,(H,18,19). The number of hydrogen-bond donors (Lipinski definition) is 1. The molecule has 0 aromatic heterocycles. The summed E-state index contributed by atoms with van der Waals surface area (Å²) in [6, 6.07) is 4.31. The highest BCUT2D eigenvalue weighted by atomic mass is 35.5. The van der Waals surface area contributed by atoms with E-state index in [0.29, 0.717) is 22.3 Å². The monoisotopic (exact) mass is 365 g/mol. The highest BCUT2D eigenvalue weighted by Crippen LogP contribution is 2.30. The van der Waals surface area contributed by atoms with Crippen molar-refractivity contribution >= 4 is 58.6 Å². The summed E-state index contributed by atoms with van der Waals surface area (Å²) in [5, 5.41) is 10.2. The smallest absolute Gasteiger partial charge is 0.327 e. The zero-order valence-electron chi connectivity index (χ0n) is 10.9. The number of rotatable bonds is 4. The molecule has 2 rings (SSSR count). The number of thioether (sulfide) groups is 2. The Morgan fingerprint density at radius 3 is 2.90 bits per heavy atom. The van der Waals surface area contributed by atoms with Crippen LogP contribution >= 0.6 is 46.7 Å². The molecule has 1 aromatic rings. The van der Waals surface area contributed by atoms with E-state index >= 15 is 0 Å². The molecule has 1 aliphatic heterocycles. The van der Waals surface area contributed by atoms with E-state index in [-0.39, 0.29) is 11.7 Å². The first kappa shape index (κ1) is 16.8. The maximum Gasteiger partial charge on any atom is 0.327 e. The van der Waals surface area contributed by atoms with Gasteiger partial charge < -0.3 is 10.0 Å². The van der Waals surface area contributed by atoms with Crippen molar-refractivity contribution < 1.29 is 14.7 Å². The quantitative estimate of drug-likeness (QED) is 0.830. The lowest BCUT2D eigenvalue weighted by atomic mass is 10.2. The van der Waals surface area contributed by atoms with Crippen LogP contribution in [0.25, 0.3) is 0 Å². The van der Waals surface area contributed by atoms with Crippen LogP contribution in [0.4, 0.5) is 0 Å². The number of carboxylic acids is 1. The van der Waals surface area contributed by atoms with Gasteiger partial charge in [0.25, 0.3) is 0 Å². The van der Waals surface area contributed by atoms with Crippen LogP contribution in [0.5, 0.6) is 0 Å². The SMILES string of the molecule is O=C(O)C1CSCCN1C(=O)CSc1cc(Cl)ccc1Cl. The van der Waals surface area contributed by atoms with Crippen LogP contribution < -0.4 is 0 Å². The fraction of sp³-hybridized carbons (Fsp3) is 0.385. The molecule has 1 N–H and O–H groups in total. The van der Waals surface area contributed by atoms with E-state index in [1.54, 1.807) is 30.0 Å². The zero-order valence-corrected chi connectivity index (χ0v) is 14.1. The number of benzene rings is 1. The Kier molecular flexibility index (Phi) is 6.10. The molecule has 114 valence electrons. The predicted octanol–water partition coefficient (Wildman–Crippen LogP) is 3.11. The van der Waals surface area contributed by atoms with Gasteiger partial charge >= 0.3 is 5.97 Å². The van der Waals surface area contributed by atoms with Crippen LogP contribution in [0.15, 0.2) is 23.1 Å². The molecule has 1 aliphatic rings. The van der Waals surface area contributed by atoms with E-state index in [1.807, 2.05) is 0 Å². The minimum atomic E-state index is -0.957. The number of amides is 1. The van der Waals surface area contributed by atoms with Gasteiger partial charge in [-0.05, 0) is 18.2 Å². The number of aliphatic carboxylic acids is 1. The molecule has 1 fully saturated rings. The van der Waals surface area contributed by atoms with Crippen LogP contribution in [-0.4, -0.2) is 51.7 Å². The molecule has 8 heteroatoms. The molecule has 4 nitrogen and oxygen atoms in total. The molecule has 1 unspecified atom stereocenters. The molecule has 1 saturated heterocycles. The number of carboxylic acid groups (broad SMARTS) is 1. The summed E-state index contributed by atoms with van der Waals surface area (Å²) < 4.78 is 0. The van der Waals surface area contributed by atoms with Gasteiger partial charge in [-0.15, -0.1) is 11.8 Å². The molecule has 0 aliphatic carbocycles. The Labute approximate surface area is 141 Å². The molecule has 0 radical (unpaired) electrons. The molecular formula is C13H13Cl2NO3S2. The van der Waals surface area contributed by atoms with Crippen molar-refractivity contribution in [2.24, 2.45) is 0 Å². The Morgan fingerprint density at radius 2 is 2.19 bits per heavy atom. The average molecular weight is 366 g/mol. The number of nitrogens with zero attached hydrogens (tertiary/aromatic N) is 1. The van der Waals surface area contributed by atoms with Crippen molar-refractivity contribution in [1.82, 2.24) is 4.90 Å². The van der Waals surface area contributed by atoms with Crippen molar-refractivity contribution in [1.29, 1.82) is 0 Å². The minimum Gasteiger partial charge on any atom is -0.480 e. The summed E-state index contributed by atoms with van der Waals surface area (Å²) >= 11 is 14.8. The molecule has 1 atom stereocenters. The summed E-state index contributed by atoms with van der Waals surface area (Å²) in [7, 11) is 0. The number of carbonyl (C=O) groups excluding carboxylic acids is 1. The van der Waals surface area contributed by atoms with E-state index in [9.17, 15) is 14.7 Å². The first-order valence-electron chi connectivity index (χ1n) is 6.17. The summed E-state index contributed by atoms with van der Waals surface area (Å²) in [5.74, 6) is 0.195.